The lowest BCUT2D eigenvalue weighted by Crippen LogP contribution is -2.47. The number of rotatable bonds is 2. The topological polar surface area (TPSA) is 52.7 Å². The Hall–Kier alpha value is -1.88. The second-order valence-corrected chi connectivity index (χ2v) is 5.38. The fraction of sp³-hybridized carbons (Fsp3) is 0.467. The van der Waals surface area contributed by atoms with Gasteiger partial charge in [-0.1, -0.05) is 18.6 Å². The maximum absolute atomic E-state index is 12.5. The summed E-state index contributed by atoms with van der Waals surface area (Å²) in [6.45, 7) is 2.48. The Bertz CT molecular complexity index is 524. The molecule has 1 N–H and O–H groups in total. The Morgan fingerprint density at radius 3 is 2.70 bits per heavy atom. The van der Waals surface area contributed by atoms with Gasteiger partial charge in [0.1, 0.15) is 6.54 Å². The van der Waals surface area contributed by atoms with Crippen LogP contribution in [0.3, 0.4) is 0 Å². The number of hydrogen-bond donors (Lipinski definition) is 1. The molecular formula is C15H19N3O2. The second kappa shape index (κ2) is 5.63. The third-order valence-corrected chi connectivity index (χ3v) is 3.88. The van der Waals surface area contributed by atoms with Crippen LogP contribution in [0, 0.1) is 0 Å². The normalized spacial score (nSPS) is 19.4. The molecule has 106 valence electrons. The summed E-state index contributed by atoms with van der Waals surface area (Å²) < 4.78 is 0. The number of anilines is 2. The van der Waals surface area contributed by atoms with E-state index >= 15 is 0 Å². The number of fused-ring (bicyclic) bond motifs is 1. The van der Waals surface area contributed by atoms with E-state index < -0.39 is 0 Å². The summed E-state index contributed by atoms with van der Waals surface area (Å²) in [6.07, 6.45) is 3.56. The smallest absolute Gasteiger partial charge is 0.244 e. The first-order chi connectivity index (χ1) is 9.74. The van der Waals surface area contributed by atoms with Crippen LogP contribution < -0.4 is 10.2 Å². The third-order valence-electron chi connectivity index (χ3n) is 3.88. The molecule has 2 amide bonds. The summed E-state index contributed by atoms with van der Waals surface area (Å²) in [4.78, 5) is 28.0. The number of likely N-dealkylation sites (tertiary alicyclic amines) is 1. The van der Waals surface area contributed by atoms with Crippen molar-refractivity contribution in [3.63, 3.8) is 0 Å². The van der Waals surface area contributed by atoms with Crippen molar-refractivity contribution >= 4 is 23.2 Å². The molecule has 3 rings (SSSR count). The monoisotopic (exact) mass is 273 g/mol. The van der Waals surface area contributed by atoms with Crippen molar-refractivity contribution in [2.45, 2.75) is 19.3 Å². The molecule has 0 bridgehead atoms. The largest absolute Gasteiger partial charge is 0.323 e. The van der Waals surface area contributed by atoms with Crippen molar-refractivity contribution in [2.75, 3.05) is 36.4 Å². The number of hydrogen-bond acceptors (Lipinski definition) is 3. The van der Waals surface area contributed by atoms with Gasteiger partial charge < -0.3 is 5.32 Å². The Labute approximate surface area is 118 Å². The molecule has 0 atom stereocenters. The summed E-state index contributed by atoms with van der Waals surface area (Å²) in [6, 6.07) is 7.45. The van der Waals surface area contributed by atoms with Crippen LogP contribution in [0.4, 0.5) is 11.4 Å². The molecule has 1 saturated heterocycles. The third kappa shape index (κ3) is 2.67. The van der Waals surface area contributed by atoms with Crippen molar-refractivity contribution in [1.82, 2.24) is 4.90 Å². The molecule has 0 spiro atoms. The van der Waals surface area contributed by atoms with E-state index in [0.717, 1.165) is 37.3 Å². The van der Waals surface area contributed by atoms with Gasteiger partial charge in [0.2, 0.25) is 11.8 Å². The highest BCUT2D eigenvalue weighted by molar-refractivity contribution is 6.10. The number of nitrogens with one attached hydrogen (secondary N) is 1. The molecule has 20 heavy (non-hydrogen) atoms. The Morgan fingerprint density at radius 2 is 1.90 bits per heavy atom. The van der Waals surface area contributed by atoms with E-state index in [-0.39, 0.29) is 18.4 Å². The molecule has 0 aliphatic carbocycles. The lowest BCUT2D eigenvalue weighted by Gasteiger charge is -2.32. The van der Waals surface area contributed by atoms with Crippen molar-refractivity contribution in [2.24, 2.45) is 0 Å². The summed E-state index contributed by atoms with van der Waals surface area (Å²) in [5.41, 5.74) is 1.52. The minimum atomic E-state index is -0.129. The van der Waals surface area contributed by atoms with E-state index in [1.807, 2.05) is 24.3 Å². The maximum atomic E-state index is 12.5. The summed E-state index contributed by atoms with van der Waals surface area (Å²) in [5.74, 6) is -0.120. The highest BCUT2D eigenvalue weighted by Gasteiger charge is 2.27. The SMILES string of the molecule is O=C1CN(C(=O)CN2CCCCC2)c2ccccc2N1. The van der Waals surface area contributed by atoms with Crippen LogP contribution in [0.5, 0.6) is 0 Å². The van der Waals surface area contributed by atoms with Gasteiger partial charge in [-0.3, -0.25) is 19.4 Å². The second-order valence-electron chi connectivity index (χ2n) is 5.38. The highest BCUT2D eigenvalue weighted by Crippen LogP contribution is 2.29. The molecule has 1 aromatic rings. The molecule has 2 heterocycles. The number of amides is 2. The summed E-state index contributed by atoms with van der Waals surface area (Å²) >= 11 is 0. The zero-order chi connectivity index (χ0) is 13.9. The molecule has 1 aromatic carbocycles. The van der Waals surface area contributed by atoms with Crippen molar-refractivity contribution < 1.29 is 9.59 Å². The fourth-order valence-electron chi connectivity index (χ4n) is 2.85. The number of carbonyl (C=O) groups is 2. The van der Waals surface area contributed by atoms with Crippen LogP contribution in [0.15, 0.2) is 24.3 Å². The van der Waals surface area contributed by atoms with Crippen LogP contribution in [-0.2, 0) is 9.59 Å². The molecule has 2 aliphatic rings. The minimum absolute atomic E-state index is 0.00852. The Kier molecular flexibility index (Phi) is 3.69. The predicted octanol–water partition coefficient (Wildman–Crippen LogP) is 1.46. The van der Waals surface area contributed by atoms with E-state index in [1.54, 1.807) is 4.90 Å². The first kappa shape index (κ1) is 13.1. The molecule has 0 unspecified atom stereocenters. The van der Waals surface area contributed by atoms with Crippen LogP contribution >= 0.6 is 0 Å². The Balaban J connectivity index is 1.75. The average Bonchev–Trinajstić information content (AvgIpc) is 2.47. The van der Waals surface area contributed by atoms with Gasteiger partial charge >= 0.3 is 0 Å². The van der Waals surface area contributed by atoms with Gasteiger partial charge in [-0.2, -0.15) is 0 Å². The fourth-order valence-corrected chi connectivity index (χ4v) is 2.85. The number of benzene rings is 1. The van der Waals surface area contributed by atoms with Crippen molar-refractivity contribution in [3.8, 4) is 0 Å². The van der Waals surface area contributed by atoms with Gasteiger partial charge in [-0.15, -0.1) is 0 Å². The van der Waals surface area contributed by atoms with Crippen LogP contribution in [0.25, 0.3) is 0 Å². The van der Waals surface area contributed by atoms with Gasteiger partial charge in [0.15, 0.2) is 0 Å². The zero-order valence-corrected chi connectivity index (χ0v) is 11.5. The first-order valence-electron chi connectivity index (χ1n) is 7.15. The molecular weight excluding hydrogens is 254 g/mol. The lowest BCUT2D eigenvalue weighted by atomic mass is 10.1. The van der Waals surface area contributed by atoms with E-state index in [4.69, 9.17) is 0 Å². The van der Waals surface area contributed by atoms with Gasteiger partial charge in [0, 0.05) is 0 Å². The summed E-state index contributed by atoms with van der Waals surface area (Å²) in [5, 5.41) is 2.80. The molecule has 1 fully saturated rings. The minimum Gasteiger partial charge on any atom is -0.323 e. The van der Waals surface area contributed by atoms with E-state index in [0.29, 0.717) is 6.54 Å². The molecule has 2 aliphatic heterocycles. The van der Waals surface area contributed by atoms with Gasteiger partial charge in [0.25, 0.3) is 0 Å². The highest BCUT2D eigenvalue weighted by atomic mass is 16.2. The number of nitrogens with zero attached hydrogens (tertiary/aromatic N) is 2. The molecule has 5 nitrogen and oxygen atoms in total. The van der Waals surface area contributed by atoms with Crippen molar-refractivity contribution in [3.05, 3.63) is 24.3 Å². The van der Waals surface area contributed by atoms with E-state index in [1.165, 1.54) is 6.42 Å². The quantitative estimate of drug-likeness (QED) is 0.887. The predicted molar refractivity (Wildman–Crippen MR) is 77.7 cm³/mol. The number of para-hydroxylation sites is 2. The maximum Gasteiger partial charge on any atom is 0.244 e. The number of piperidine rings is 1. The molecule has 0 aromatic heterocycles. The molecule has 0 saturated carbocycles. The van der Waals surface area contributed by atoms with Gasteiger partial charge in [-0.25, -0.2) is 0 Å². The van der Waals surface area contributed by atoms with Gasteiger partial charge in [0.05, 0.1) is 17.9 Å². The number of carbonyl (C=O) groups excluding carboxylic acids is 2. The lowest BCUT2D eigenvalue weighted by molar-refractivity contribution is -0.122. The van der Waals surface area contributed by atoms with Crippen LogP contribution in [0.1, 0.15) is 19.3 Å². The Morgan fingerprint density at radius 1 is 1.15 bits per heavy atom. The average molecular weight is 273 g/mol. The van der Waals surface area contributed by atoms with Crippen LogP contribution in [-0.4, -0.2) is 42.9 Å². The van der Waals surface area contributed by atoms with E-state index in [9.17, 15) is 9.59 Å². The standard InChI is InChI=1S/C15H19N3O2/c19-14-10-18(13-7-3-2-6-12(13)16-14)15(20)11-17-8-4-1-5-9-17/h2-3,6-7H,1,4-5,8-11H2,(H,16,19). The van der Waals surface area contributed by atoms with Crippen LogP contribution in [0.2, 0.25) is 0 Å². The zero-order valence-electron chi connectivity index (χ0n) is 11.5. The van der Waals surface area contributed by atoms with Gasteiger partial charge in [-0.05, 0) is 38.1 Å². The first-order valence-corrected chi connectivity index (χ1v) is 7.15. The van der Waals surface area contributed by atoms with E-state index in [2.05, 4.69) is 10.2 Å². The molecule has 0 radical (unpaired) electrons. The molecule has 5 heteroatoms. The summed E-state index contributed by atoms with van der Waals surface area (Å²) in [7, 11) is 0. The van der Waals surface area contributed by atoms with Crippen molar-refractivity contribution in [1.29, 1.82) is 0 Å².